The highest BCUT2D eigenvalue weighted by atomic mass is 15.3. The molecule has 1 aliphatic rings. The predicted octanol–water partition coefficient (Wildman–Crippen LogP) is 0.419. The zero-order valence-corrected chi connectivity index (χ0v) is 7.45. The van der Waals surface area contributed by atoms with Crippen molar-refractivity contribution in [3.05, 3.63) is 0 Å². The Labute approximate surface area is 73.6 Å². The number of aliphatic imine (C=N–C) groups is 1. The molecule has 0 saturated carbocycles. The zero-order chi connectivity index (χ0) is 8.97. The second-order valence-corrected chi connectivity index (χ2v) is 3.02. The Kier molecular flexibility index (Phi) is 2.98. The average molecular weight is 165 g/mol. The molecule has 3 nitrogen and oxygen atoms in total. The van der Waals surface area contributed by atoms with Gasteiger partial charge in [0.1, 0.15) is 6.04 Å². The van der Waals surface area contributed by atoms with Crippen molar-refractivity contribution < 1.29 is 0 Å². The number of terminal acetylenes is 1. The maximum atomic E-state index is 5.74. The van der Waals surface area contributed by atoms with E-state index in [1.165, 1.54) is 12.8 Å². The van der Waals surface area contributed by atoms with Crippen molar-refractivity contribution in [3.8, 4) is 12.3 Å². The lowest BCUT2D eigenvalue weighted by Crippen LogP contribution is -2.35. The fourth-order valence-electron chi connectivity index (χ4n) is 1.26. The quantitative estimate of drug-likeness (QED) is 0.347. The standard InChI is InChI=1S/C9H15N3/c1-3-8(2)11-9(10)12-6-4-5-7-12/h1,8H,4-7H2,2H3,(H2,10,11). The van der Waals surface area contributed by atoms with Crippen LogP contribution in [0.25, 0.3) is 0 Å². The smallest absolute Gasteiger partial charge is 0.192 e. The van der Waals surface area contributed by atoms with E-state index in [2.05, 4.69) is 15.8 Å². The number of hydrogen-bond donors (Lipinski definition) is 1. The third-order valence-corrected chi connectivity index (χ3v) is 2.00. The van der Waals surface area contributed by atoms with Crippen LogP contribution in [-0.2, 0) is 0 Å². The Morgan fingerprint density at radius 3 is 2.67 bits per heavy atom. The lowest BCUT2D eigenvalue weighted by molar-refractivity contribution is 0.509. The number of nitrogens with two attached hydrogens (primary N) is 1. The molecule has 0 bridgehead atoms. The van der Waals surface area contributed by atoms with Crippen LogP contribution in [0.4, 0.5) is 0 Å². The monoisotopic (exact) mass is 165 g/mol. The minimum atomic E-state index is -0.106. The van der Waals surface area contributed by atoms with E-state index in [9.17, 15) is 0 Å². The van der Waals surface area contributed by atoms with Crippen LogP contribution in [0.1, 0.15) is 19.8 Å². The average Bonchev–Trinajstić information content (AvgIpc) is 2.56. The zero-order valence-electron chi connectivity index (χ0n) is 7.45. The molecule has 0 aromatic heterocycles. The van der Waals surface area contributed by atoms with Crippen LogP contribution in [0.5, 0.6) is 0 Å². The molecule has 0 amide bonds. The molecule has 1 aliphatic heterocycles. The van der Waals surface area contributed by atoms with Gasteiger partial charge in [-0.2, -0.15) is 0 Å². The van der Waals surface area contributed by atoms with Gasteiger partial charge in [-0.3, -0.25) is 0 Å². The Balaban J connectivity index is 2.51. The SMILES string of the molecule is C#CC(C)N=C(N)N1CCCC1. The van der Waals surface area contributed by atoms with E-state index >= 15 is 0 Å². The normalized spacial score (nSPS) is 20.7. The van der Waals surface area contributed by atoms with Crippen molar-refractivity contribution in [3.63, 3.8) is 0 Å². The number of nitrogens with zero attached hydrogens (tertiary/aromatic N) is 2. The fourth-order valence-corrected chi connectivity index (χ4v) is 1.26. The second-order valence-electron chi connectivity index (χ2n) is 3.02. The molecule has 0 aromatic carbocycles. The van der Waals surface area contributed by atoms with E-state index in [-0.39, 0.29) is 6.04 Å². The van der Waals surface area contributed by atoms with Gasteiger partial charge in [0.05, 0.1) is 0 Å². The third-order valence-electron chi connectivity index (χ3n) is 2.00. The molecule has 1 saturated heterocycles. The summed E-state index contributed by atoms with van der Waals surface area (Å²) in [6, 6.07) is -0.106. The highest BCUT2D eigenvalue weighted by Gasteiger charge is 2.13. The first-order chi connectivity index (χ1) is 5.74. The molecule has 2 N–H and O–H groups in total. The van der Waals surface area contributed by atoms with Crippen molar-refractivity contribution in [2.45, 2.75) is 25.8 Å². The summed E-state index contributed by atoms with van der Waals surface area (Å²) in [5.41, 5.74) is 5.74. The van der Waals surface area contributed by atoms with E-state index in [0.717, 1.165) is 13.1 Å². The largest absolute Gasteiger partial charge is 0.370 e. The summed E-state index contributed by atoms with van der Waals surface area (Å²) in [6.07, 6.45) is 7.61. The van der Waals surface area contributed by atoms with Crippen molar-refractivity contribution in [1.82, 2.24) is 4.90 Å². The molecule has 1 atom stereocenters. The van der Waals surface area contributed by atoms with Gasteiger partial charge in [0, 0.05) is 13.1 Å². The molecule has 0 radical (unpaired) electrons. The molecule has 1 fully saturated rings. The van der Waals surface area contributed by atoms with Crippen LogP contribution in [0.15, 0.2) is 4.99 Å². The number of hydrogen-bond acceptors (Lipinski definition) is 1. The van der Waals surface area contributed by atoms with Crippen LogP contribution in [0.3, 0.4) is 0 Å². The molecule has 3 heteroatoms. The predicted molar refractivity (Wildman–Crippen MR) is 50.7 cm³/mol. The highest BCUT2D eigenvalue weighted by Crippen LogP contribution is 2.06. The van der Waals surface area contributed by atoms with Crippen molar-refractivity contribution in [1.29, 1.82) is 0 Å². The van der Waals surface area contributed by atoms with Crippen LogP contribution < -0.4 is 5.73 Å². The van der Waals surface area contributed by atoms with Gasteiger partial charge in [0.2, 0.25) is 0 Å². The molecule has 0 aliphatic carbocycles. The van der Waals surface area contributed by atoms with Crippen LogP contribution in [0.2, 0.25) is 0 Å². The van der Waals surface area contributed by atoms with Gasteiger partial charge in [-0.15, -0.1) is 6.42 Å². The lowest BCUT2D eigenvalue weighted by Gasteiger charge is -2.16. The van der Waals surface area contributed by atoms with Gasteiger partial charge in [-0.05, 0) is 19.8 Å². The maximum absolute atomic E-state index is 5.74. The number of likely N-dealkylation sites (tertiary alicyclic amines) is 1. The Morgan fingerprint density at radius 1 is 1.58 bits per heavy atom. The van der Waals surface area contributed by atoms with Crippen molar-refractivity contribution in [2.24, 2.45) is 10.7 Å². The Morgan fingerprint density at radius 2 is 2.17 bits per heavy atom. The summed E-state index contributed by atoms with van der Waals surface area (Å²) in [4.78, 5) is 6.24. The Hall–Kier alpha value is -1.17. The molecular formula is C9H15N3. The van der Waals surface area contributed by atoms with Crippen LogP contribution in [-0.4, -0.2) is 30.0 Å². The van der Waals surface area contributed by atoms with Crippen LogP contribution in [0, 0.1) is 12.3 Å². The second kappa shape index (κ2) is 4.01. The third kappa shape index (κ3) is 2.16. The first-order valence-corrected chi connectivity index (χ1v) is 4.28. The van der Waals surface area contributed by atoms with E-state index in [0.29, 0.717) is 5.96 Å². The molecule has 1 rings (SSSR count). The van der Waals surface area contributed by atoms with Crippen molar-refractivity contribution in [2.75, 3.05) is 13.1 Å². The fraction of sp³-hybridized carbons (Fsp3) is 0.667. The van der Waals surface area contributed by atoms with Crippen LogP contribution >= 0.6 is 0 Å². The maximum Gasteiger partial charge on any atom is 0.192 e. The van der Waals surface area contributed by atoms with Gasteiger partial charge in [0.25, 0.3) is 0 Å². The van der Waals surface area contributed by atoms with E-state index in [1.807, 2.05) is 6.92 Å². The molecule has 0 aromatic rings. The molecule has 12 heavy (non-hydrogen) atoms. The van der Waals surface area contributed by atoms with Gasteiger partial charge in [-0.1, -0.05) is 5.92 Å². The summed E-state index contributed by atoms with van der Waals surface area (Å²) in [7, 11) is 0. The van der Waals surface area contributed by atoms with E-state index in [1.54, 1.807) is 0 Å². The first kappa shape index (κ1) is 8.92. The summed E-state index contributed by atoms with van der Waals surface area (Å²) in [5.74, 6) is 3.12. The summed E-state index contributed by atoms with van der Waals surface area (Å²) < 4.78 is 0. The van der Waals surface area contributed by atoms with E-state index < -0.39 is 0 Å². The van der Waals surface area contributed by atoms with E-state index in [4.69, 9.17) is 12.2 Å². The van der Waals surface area contributed by atoms with Gasteiger partial charge < -0.3 is 10.6 Å². The Bertz CT molecular complexity index is 208. The van der Waals surface area contributed by atoms with Gasteiger partial charge in [-0.25, -0.2) is 4.99 Å². The van der Waals surface area contributed by atoms with Gasteiger partial charge >= 0.3 is 0 Å². The molecular weight excluding hydrogens is 150 g/mol. The number of rotatable bonds is 1. The summed E-state index contributed by atoms with van der Waals surface area (Å²) in [5, 5.41) is 0. The first-order valence-electron chi connectivity index (χ1n) is 4.28. The molecule has 1 heterocycles. The van der Waals surface area contributed by atoms with Gasteiger partial charge in [0.15, 0.2) is 5.96 Å². The minimum Gasteiger partial charge on any atom is -0.370 e. The molecule has 0 spiro atoms. The summed E-state index contributed by atoms with van der Waals surface area (Å²) >= 11 is 0. The molecule has 66 valence electrons. The molecule has 1 unspecified atom stereocenters. The highest BCUT2D eigenvalue weighted by molar-refractivity contribution is 5.78. The summed E-state index contributed by atoms with van der Waals surface area (Å²) in [6.45, 7) is 3.90. The minimum absolute atomic E-state index is 0.106. The number of guanidine groups is 1. The van der Waals surface area contributed by atoms with Crippen molar-refractivity contribution >= 4 is 5.96 Å². The lowest BCUT2D eigenvalue weighted by atomic mass is 10.4. The topological polar surface area (TPSA) is 41.6 Å².